The van der Waals surface area contributed by atoms with Gasteiger partial charge in [-0.3, -0.25) is 9.48 Å². The largest absolute Gasteiger partial charge is 0.385 e. The van der Waals surface area contributed by atoms with Gasteiger partial charge in [-0.1, -0.05) is 0 Å². The molecule has 23 heavy (non-hydrogen) atoms. The summed E-state index contributed by atoms with van der Waals surface area (Å²) < 4.78 is 3.44. The third-order valence-electron chi connectivity index (χ3n) is 3.97. The van der Waals surface area contributed by atoms with Gasteiger partial charge in [0.2, 0.25) is 5.91 Å². The van der Waals surface area contributed by atoms with Gasteiger partial charge in [0, 0.05) is 20.0 Å². The second-order valence-electron chi connectivity index (χ2n) is 5.69. The number of fused-ring (bicyclic) bond motifs is 1. The maximum Gasteiger partial charge on any atom is 0.228 e. The Hall–Kier alpha value is -2.90. The van der Waals surface area contributed by atoms with Crippen LogP contribution in [0.4, 0.5) is 11.5 Å². The third-order valence-corrected chi connectivity index (χ3v) is 3.97. The van der Waals surface area contributed by atoms with Crippen molar-refractivity contribution >= 4 is 23.1 Å². The van der Waals surface area contributed by atoms with Gasteiger partial charge in [-0.15, -0.1) is 0 Å². The first-order valence-corrected chi connectivity index (χ1v) is 7.53. The molecule has 1 aliphatic carbocycles. The molecule has 1 amide bonds. The summed E-state index contributed by atoms with van der Waals surface area (Å²) in [5, 5.41) is 14.8. The number of imidazole rings is 1. The third kappa shape index (κ3) is 2.41. The number of hydrogen-bond acceptors (Lipinski definition) is 5. The lowest BCUT2D eigenvalue weighted by Crippen LogP contribution is -2.13. The number of aryl methyl sites for hydroxylation is 1. The summed E-state index contributed by atoms with van der Waals surface area (Å²) in [6.07, 6.45) is 5.43. The Morgan fingerprint density at radius 1 is 1.35 bits per heavy atom. The summed E-state index contributed by atoms with van der Waals surface area (Å²) >= 11 is 0. The summed E-state index contributed by atoms with van der Waals surface area (Å²) in [4.78, 5) is 16.2. The van der Waals surface area contributed by atoms with E-state index in [1.165, 1.54) is 0 Å². The maximum absolute atomic E-state index is 11.8. The van der Waals surface area contributed by atoms with Crippen LogP contribution in [0, 0.1) is 5.92 Å². The van der Waals surface area contributed by atoms with Crippen LogP contribution < -0.4 is 10.6 Å². The normalized spacial score (nSPS) is 14.2. The van der Waals surface area contributed by atoms with Crippen LogP contribution in [0.25, 0.3) is 17.0 Å². The van der Waals surface area contributed by atoms with Crippen LogP contribution in [0.2, 0.25) is 0 Å². The standard InChI is InChI=1S/C15H17N7O/c1-16-11-7-17-21(2)14(11)10-5-6-13-18-12(8-22(13)20-10)19-15(23)9-3-4-9/h5-9,16H,3-4H2,1-2H3,(H,19,23). The molecule has 1 aliphatic rings. The Morgan fingerprint density at radius 3 is 2.91 bits per heavy atom. The Labute approximate surface area is 132 Å². The molecule has 3 aromatic rings. The van der Waals surface area contributed by atoms with Gasteiger partial charge in [0.25, 0.3) is 0 Å². The van der Waals surface area contributed by atoms with Gasteiger partial charge in [-0.05, 0) is 25.0 Å². The molecule has 8 heteroatoms. The van der Waals surface area contributed by atoms with Gasteiger partial charge >= 0.3 is 0 Å². The Balaban J connectivity index is 1.70. The van der Waals surface area contributed by atoms with E-state index in [-0.39, 0.29) is 11.8 Å². The zero-order valence-electron chi connectivity index (χ0n) is 12.9. The van der Waals surface area contributed by atoms with E-state index in [0.29, 0.717) is 11.5 Å². The number of rotatable bonds is 4. The smallest absolute Gasteiger partial charge is 0.228 e. The zero-order chi connectivity index (χ0) is 16.0. The molecule has 2 N–H and O–H groups in total. The molecule has 4 rings (SSSR count). The molecule has 1 fully saturated rings. The molecule has 3 heterocycles. The highest BCUT2D eigenvalue weighted by Gasteiger charge is 2.30. The second kappa shape index (κ2) is 5.08. The Bertz CT molecular complexity index is 891. The van der Waals surface area contributed by atoms with Crippen molar-refractivity contribution in [3.05, 3.63) is 24.5 Å². The van der Waals surface area contributed by atoms with Crippen LogP contribution in [0.15, 0.2) is 24.5 Å². The van der Waals surface area contributed by atoms with Gasteiger partial charge in [-0.2, -0.15) is 10.2 Å². The Morgan fingerprint density at radius 2 is 2.17 bits per heavy atom. The molecule has 1 saturated carbocycles. The average molecular weight is 311 g/mol. The minimum atomic E-state index is 0.0396. The predicted octanol–water partition coefficient (Wildman–Crippen LogP) is 1.52. The van der Waals surface area contributed by atoms with Crippen molar-refractivity contribution < 1.29 is 4.79 Å². The first-order valence-electron chi connectivity index (χ1n) is 7.53. The number of anilines is 2. The lowest BCUT2D eigenvalue weighted by Gasteiger charge is -2.05. The van der Waals surface area contributed by atoms with Gasteiger partial charge in [-0.25, -0.2) is 9.50 Å². The molecule has 118 valence electrons. The van der Waals surface area contributed by atoms with Gasteiger partial charge in [0.1, 0.15) is 11.4 Å². The van der Waals surface area contributed by atoms with E-state index >= 15 is 0 Å². The lowest BCUT2D eigenvalue weighted by atomic mass is 10.2. The number of hydrogen-bond donors (Lipinski definition) is 2. The molecule has 0 spiro atoms. The van der Waals surface area contributed by atoms with E-state index in [2.05, 4.69) is 25.8 Å². The van der Waals surface area contributed by atoms with Crippen molar-refractivity contribution in [1.29, 1.82) is 0 Å². The first-order chi connectivity index (χ1) is 11.2. The van der Waals surface area contributed by atoms with Crippen LogP contribution in [0.5, 0.6) is 0 Å². The minimum Gasteiger partial charge on any atom is -0.385 e. The van der Waals surface area contributed by atoms with E-state index in [1.54, 1.807) is 21.6 Å². The number of nitrogens with zero attached hydrogens (tertiary/aromatic N) is 5. The van der Waals surface area contributed by atoms with Crippen molar-refractivity contribution in [2.75, 3.05) is 17.7 Å². The first kappa shape index (κ1) is 13.7. The predicted molar refractivity (Wildman–Crippen MR) is 86.1 cm³/mol. The minimum absolute atomic E-state index is 0.0396. The van der Waals surface area contributed by atoms with Crippen molar-refractivity contribution in [3.8, 4) is 11.4 Å². The van der Waals surface area contributed by atoms with Crippen LogP contribution in [0.1, 0.15) is 12.8 Å². The topological polar surface area (TPSA) is 89.1 Å². The highest BCUT2D eigenvalue weighted by atomic mass is 16.2. The summed E-state index contributed by atoms with van der Waals surface area (Å²) in [6, 6.07) is 3.77. The van der Waals surface area contributed by atoms with Crippen molar-refractivity contribution in [2.45, 2.75) is 12.8 Å². The lowest BCUT2D eigenvalue weighted by molar-refractivity contribution is -0.117. The fourth-order valence-electron chi connectivity index (χ4n) is 2.57. The summed E-state index contributed by atoms with van der Waals surface area (Å²) in [6.45, 7) is 0. The number of amides is 1. The fourth-order valence-corrected chi connectivity index (χ4v) is 2.57. The van der Waals surface area contributed by atoms with Gasteiger partial charge in [0.05, 0.1) is 18.1 Å². The number of aromatic nitrogens is 5. The average Bonchev–Trinajstić information content (AvgIpc) is 3.22. The molecule has 0 unspecified atom stereocenters. The van der Waals surface area contributed by atoms with E-state index < -0.39 is 0 Å². The second-order valence-corrected chi connectivity index (χ2v) is 5.69. The molecule has 0 radical (unpaired) electrons. The number of carbonyl (C=O) groups excluding carboxylic acids is 1. The summed E-state index contributed by atoms with van der Waals surface area (Å²) in [5.41, 5.74) is 3.26. The van der Waals surface area contributed by atoms with Crippen LogP contribution >= 0.6 is 0 Å². The molecule has 0 saturated heterocycles. The highest BCUT2D eigenvalue weighted by molar-refractivity contribution is 5.93. The number of nitrogens with one attached hydrogen (secondary N) is 2. The monoisotopic (exact) mass is 311 g/mol. The van der Waals surface area contributed by atoms with Crippen molar-refractivity contribution in [2.24, 2.45) is 13.0 Å². The highest BCUT2D eigenvalue weighted by Crippen LogP contribution is 2.30. The van der Waals surface area contributed by atoms with E-state index in [1.807, 2.05) is 26.2 Å². The van der Waals surface area contributed by atoms with E-state index in [0.717, 1.165) is 29.9 Å². The molecule has 0 bridgehead atoms. The quantitative estimate of drug-likeness (QED) is 0.762. The van der Waals surface area contributed by atoms with Gasteiger partial charge < -0.3 is 10.6 Å². The maximum atomic E-state index is 11.8. The number of carbonyl (C=O) groups is 1. The molecular formula is C15H17N7O. The fraction of sp³-hybridized carbons (Fsp3) is 0.333. The van der Waals surface area contributed by atoms with Crippen molar-refractivity contribution in [1.82, 2.24) is 24.4 Å². The summed E-state index contributed by atoms with van der Waals surface area (Å²) in [7, 11) is 3.72. The summed E-state index contributed by atoms with van der Waals surface area (Å²) in [5.74, 6) is 0.721. The molecule has 8 nitrogen and oxygen atoms in total. The van der Waals surface area contributed by atoms with E-state index in [9.17, 15) is 4.79 Å². The van der Waals surface area contributed by atoms with E-state index in [4.69, 9.17) is 0 Å². The molecule has 0 atom stereocenters. The van der Waals surface area contributed by atoms with Gasteiger partial charge in [0.15, 0.2) is 11.5 Å². The molecule has 3 aromatic heterocycles. The molecule has 0 aromatic carbocycles. The SMILES string of the molecule is CNc1cnn(C)c1-c1ccc2nc(NC(=O)C3CC3)cn2n1. The Kier molecular flexibility index (Phi) is 3.03. The molecule has 0 aliphatic heterocycles. The van der Waals surface area contributed by atoms with Crippen LogP contribution in [-0.2, 0) is 11.8 Å². The van der Waals surface area contributed by atoms with Crippen LogP contribution in [-0.4, -0.2) is 37.3 Å². The zero-order valence-corrected chi connectivity index (χ0v) is 12.9. The van der Waals surface area contributed by atoms with Crippen LogP contribution in [0.3, 0.4) is 0 Å². The van der Waals surface area contributed by atoms with Crippen molar-refractivity contribution in [3.63, 3.8) is 0 Å². The molecular weight excluding hydrogens is 294 g/mol.